The second-order valence-corrected chi connectivity index (χ2v) is 3.25. The predicted molar refractivity (Wildman–Crippen MR) is 55.4 cm³/mol. The first-order valence-corrected chi connectivity index (χ1v) is 4.73. The van der Waals surface area contributed by atoms with Crippen LogP contribution in [-0.2, 0) is 11.2 Å². The fraction of sp³-hybridized carbons (Fsp3) is 0.364. The third kappa shape index (κ3) is 1.93. The first-order chi connectivity index (χ1) is 7.31. The molecule has 3 heteroatoms. The van der Waals surface area contributed by atoms with Crippen LogP contribution in [0.3, 0.4) is 0 Å². The summed E-state index contributed by atoms with van der Waals surface area (Å²) in [6, 6.07) is 4.46. The molecule has 3 nitrogen and oxygen atoms in total. The predicted octanol–water partition coefficient (Wildman–Crippen LogP) is 1.91. The van der Waals surface area contributed by atoms with Gasteiger partial charge in [-0.1, -0.05) is 6.07 Å². The van der Waals surface area contributed by atoms with Crippen LogP contribution in [0.1, 0.15) is 13.4 Å². The summed E-state index contributed by atoms with van der Waals surface area (Å²) < 4.78 is 14.3. The number of hydrogen-bond donors (Lipinski definition) is 0. The molecule has 2 aromatic heterocycles. The van der Waals surface area contributed by atoms with Crippen molar-refractivity contribution < 1.29 is 6.11 Å². The Kier molecular flexibility index (Phi) is 2.42. The number of aryl methyl sites for hydroxylation is 1. The van der Waals surface area contributed by atoms with E-state index in [2.05, 4.69) is 5.10 Å². The molecule has 0 fully saturated rings. The molecular formula is C11H14N2O. The van der Waals surface area contributed by atoms with Gasteiger partial charge in [-0.05, 0) is 30.5 Å². The summed E-state index contributed by atoms with van der Waals surface area (Å²) in [6.45, 7) is 0.779. The number of hydrogen-bond acceptors (Lipinski definition) is 2. The van der Waals surface area contributed by atoms with Gasteiger partial charge in [-0.2, -0.15) is 5.10 Å². The molecule has 2 heterocycles. The van der Waals surface area contributed by atoms with Crippen molar-refractivity contribution in [2.45, 2.75) is 12.8 Å². The molecule has 0 unspecified atom stereocenters. The summed E-state index contributed by atoms with van der Waals surface area (Å²) in [4.78, 5) is 0. The van der Waals surface area contributed by atoms with Gasteiger partial charge in [0.1, 0.15) is 0 Å². The van der Waals surface area contributed by atoms with Crippen molar-refractivity contribution in [2.24, 2.45) is 0 Å². The average Bonchev–Trinajstić information content (AvgIpc) is 2.61. The van der Waals surface area contributed by atoms with Gasteiger partial charge in [-0.15, -0.1) is 0 Å². The maximum absolute atomic E-state index is 7.58. The lowest BCUT2D eigenvalue weighted by Crippen LogP contribution is -1.95. The Balaban J connectivity index is 2.16. The molecule has 0 aliphatic heterocycles. The summed E-state index contributed by atoms with van der Waals surface area (Å²) in [5.41, 5.74) is 2.08. The number of pyridine rings is 1. The van der Waals surface area contributed by atoms with Gasteiger partial charge in [0.05, 0.1) is 6.89 Å². The molecule has 0 bridgehead atoms. The van der Waals surface area contributed by atoms with Gasteiger partial charge in [0.2, 0.25) is 0 Å². The van der Waals surface area contributed by atoms with Gasteiger partial charge in [0.15, 0.2) is 0 Å². The molecule has 0 radical (unpaired) electrons. The molecule has 0 atom stereocenters. The Labute approximate surface area is 84.7 Å². The molecule has 0 aliphatic rings. The number of ether oxygens (including phenoxy) is 1. The minimum atomic E-state index is 0.471. The zero-order valence-corrected chi connectivity index (χ0v) is 8.23. The van der Waals surface area contributed by atoms with Crippen molar-refractivity contribution >= 4 is 5.52 Å². The molecule has 0 aliphatic carbocycles. The fourth-order valence-electron chi connectivity index (χ4n) is 1.47. The minimum absolute atomic E-state index is 0.471. The maximum Gasteiger partial charge on any atom is 0.0663 e. The molecule has 0 aromatic carbocycles. The molecular weight excluding hydrogens is 176 g/mol. The normalized spacial score (nSPS) is 11.9. The van der Waals surface area contributed by atoms with E-state index < -0.39 is 0 Å². The monoisotopic (exact) mass is 191 g/mol. The second kappa shape index (κ2) is 4.24. The van der Waals surface area contributed by atoms with Crippen molar-refractivity contribution in [2.75, 3.05) is 13.7 Å². The largest absolute Gasteiger partial charge is 0.385 e. The smallest absolute Gasteiger partial charge is 0.0663 e. The Hall–Kier alpha value is -1.35. The van der Waals surface area contributed by atoms with Gasteiger partial charge < -0.3 is 4.74 Å². The molecule has 0 saturated heterocycles. The molecule has 14 heavy (non-hydrogen) atoms. The molecule has 0 saturated carbocycles. The van der Waals surface area contributed by atoms with E-state index in [1.807, 2.05) is 18.3 Å². The molecule has 0 N–H and O–H groups in total. The van der Waals surface area contributed by atoms with Gasteiger partial charge in [0, 0.05) is 26.1 Å². The van der Waals surface area contributed by atoms with Crippen LogP contribution in [0.15, 0.2) is 30.6 Å². The van der Waals surface area contributed by atoms with E-state index in [-0.39, 0.29) is 0 Å². The first-order valence-electron chi connectivity index (χ1n) is 5.23. The third-order valence-corrected chi connectivity index (χ3v) is 2.20. The summed E-state index contributed by atoms with van der Waals surface area (Å²) in [7, 11) is 1.71. The van der Waals surface area contributed by atoms with Crippen molar-refractivity contribution in [3.05, 3.63) is 36.1 Å². The van der Waals surface area contributed by atoms with Crippen LogP contribution in [0, 0.1) is 0 Å². The van der Waals surface area contributed by atoms with Crippen LogP contribution in [0.5, 0.6) is 0 Å². The van der Waals surface area contributed by atoms with Crippen molar-refractivity contribution in [1.82, 2.24) is 9.61 Å². The lowest BCUT2D eigenvalue weighted by atomic mass is 10.1. The lowest BCUT2D eigenvalue weighted by Gasteiger charge is -2.01. The van der Waals surface area contributed by atoms with Gasteiger partial charge in [-0.25, -0.2) is 4.52 Å². The molecule has 2 rings (SSSR count). The summed E-state index contributed by atoms with van der Waals surface area (Å²) >= 11 is 0. The maximum atomic E-state index is 7.58. The van der Waals surface area contributed by atoms with E-state index in [1.165, 1.54) is 5.56 Å². The number of fused-ring (bicyclic) bond motifs is 1. The number of methoxy groups -OCH3 is 1. The topological polar surface area (TPSA) is 26.5 Å². The van der Waals surface area contributed by atoms with Crippen molar-refractivity contribution in [3.63, 3.8) is 0 Å². The van der Waals surface area contributed by atoms with E-state index in [1.54, 1.807) is 17.8 Å². The van der Waals surface area contributed by atoms with Crippen molar-refractivity contribution in [3.8, 4) is 0 Å². The van der Waals surface area contributed by atoms with E-state index in [0.29, 0.717) is 6.04 Å². The zero-order chi connectivity index (χ0) is 10.7. The number of nitrogens with zero attached hydrogens (tertiary/aromatic N) is 2. The highest BCUT2D eigenvalue weighted by Gasteiger charge is 1.96. The van der Waals surface area contributed by atoms with Gasteiger partial charge in [0.25, 0.3) is 0 Å². The second-order valence-electron chi connectivity index (χ2n) is 3.25. The Bertz CT molecular complexity index is 453. The van der Waals surface area contributed by atoms with Crippen LogP contribution in [0.4, 0.5) is 0 Å². The molecule has 0 spiro atoms. The van der Waals surface area contributed by atoms with Gasteiger partial charge in [-0.3, -0.25) is 0 Å². The summed E-state index contributed by atoms with van der Waals surface area (Å²) in [5.74, 6) is 0. The highest BCUT2D eigenvalue weighted by molar-refractivity contribution is 5.45. The Morgan fingerprint density at radius 1 is 1.57 bits per heavy atom. The Morgan fingerprint density at radius 3 is 3.36 bits per heavy atom. The average molecular weight is 191 g/mol. The summed E-state index contributed by atoms with van der Waals surface area (Å²) in [5, 5.41) is 4.11. The van der Waals surface area contributed by atoms with E-state index in [4.69, 9.17) is 6.11 Å². The van der Waals surface area contributed by atoms with Gasteiger partial charge >= 0.3 is 0 Å². The van der Waals surface area contributed by atoms with E-state index >= 15 is 0 Å². The molecule has 0 amide bonds. The highest BCUT2D eigenvalue weighted by Crippen LogP contribution is 2.07. The quantitative estimate of drug-likeness (QED) is 0.690. The van der Waals surface area contributed by atoms with Crippen LogP contribution < -0.4 is 0 Å². The molecule has 74 valence electrons. The highest BCUT2D eigenvalue weighted by atomic mass is 16.5. The van der Waals surface area contributed by atoms with E-state index in [0.717, 1.165) is 25.0 Å². The first kappa shape index (κ1) is 8.00. The van der Waals surface area contributed by atoms with Crippen LogP contribution in [0.25, 0.3) is 5.52 Å². The van der Waals surface area contributed by atoms with E-state index in [9.17, 15) is 0 Å². The standard InChI is InChI=1S/C11H14N2O/c1-14-8-2-3-10-4-5-11-6-7-12-13(11)9-10/h4-7,9H,2-3,8H2,1H3/i6D. The number of aromatic nitrogens is 2. The zero-order valence-electron chi connectivity index (χ0n) is 9.23. The van der Waals surface area contributed by atoms with Crippen molar-refractivity contribution in [1.29, 1.82) is 0 Å². The Morgan fingerprint density at radius 2 is 2.50 bits per heavy atom. The third-order valence-electron chi connectivity index (χ3n) is 2.20. The SMILES string of the molecule is [2H]c1cnn2cc(CCCOC)ccc12. The molecule has 2 aromatic rings. The van der Waals surface area contributed by atoms with Crippen LogP contribution >= 0.6 is 0 Å². The lowest BCUT2D eigenvalue weighted by molar-refractivity contribution is 0.195. The van der Waals surface area contributed by atoms with Crippen LogP contribution in [-0.4, -0.2) is 23.3 Å². The minimum Gasteiger partial charge on any atom is -0.385 e. The number of rotatable bonds is 4. The fourth-order valence-corrected chi connectivity index (χ4v) is 1.47. The summed E-state index contributed by atoms with van der Waals surface area (Å²) in [6.07, 6.45) is 5.53. The van der Waals surface area contributed by atoms with Crippen LogP contribution in [0.2, 0.25) is 0 Å².